The lowest BCUT2D eigenvalue weighted by Crippen LogP contribution is -2.62. The minimum absolute atomic E-state index is 0.00456. The van der Waals surface area contributed by atoms with Gasteiger partial charge in [-0.05, 0) is 196 Å². The van der Waals surface area contributed by atoms with E-state index < -0.39 is 0 Å². The Balaban J connectivity index is 1.27. The van der Waals surface area contributed by atoms with E-state index in [1.165, 1.54) is 137 Å². The quantitative estimate of drug-likeness (QED) is 0.153. The molecule has 4 aliphatic rings. The van der Waals surface area contributed by atoms with Crippen molar-refractivity contribution in [2.45, 2.75) is 207 Å². The van der Waals surface area contributed by atoms with Crippen molar-refractivity contribution in [1.29, 1.82) is 0 Å². The van der Waals surface area contributed by atoms with Gasteiger partial charge in [0.15, 0.2) is 0 Å². The fourth-order valence-electron chi connectivity index (χ4n) is 14.0. The van der Waals surface area contributed by atoms with E-state index in [-0.39, 0.29) is 50.5 Å². The van der Waals surface area contributed by atoms with E-state index >= 15 is 0 Å². The molecule has 7 aromatic rings. The van der Waals surface area contributed by atoms with Crippen molar-refractivity contribution in [3.05, 3.63) is 184 Å². The molecule has 3 heteroatoms. The van der Waals surface area contributed by atoms with Gasteiger partial charge in [0.05, 0.1) is 5.69 Å². The van der Waals surface area contributed by atoms with E-state index in [4.69, 9.17) is 0 Å². The third-order valence-corrected chi connectivity index (χ3v) is 19.8. The SMILES string of the molecule is CC(c1ccccc1)C(C)c1ccc2c(c1)N(c1ccc(C(C)(C)C)cc1-c1ccc(C(C)(C)C)cc1)c1cc(C(C)(C)C)cc3c1B2c1cc2c(cc1N3c1ccc3c(c1)C(C)(C)CCC3(C)C)C(C)(C)CCC2(C)C. The van der Waals surface area contributed by atoms with Gasteiger partial charge in [0, 0.05) is 34.0 Å². The molecule has 0 spiro atoms. The van der Waals surface area contributed by atoms with E-state index in [1.807, 2.05) is 0 Å². The van der Waals surface area contributed by atoms with Crippen molar-refractivity contribution in [2.75, 3.05) is 9.80 Å². The molecular formula is C74H89BN2. The zero-order chi connectivity index (χ0) is 55.3. The van der Waals surface area contributed by atoms with Gasteiger partial charge in [0.2, 0.25) is 0 Å². The molecule has 2 aliphatic heterocycles. The second kappa shape index (κ2) is 17.9. The first kappa shape index (κ1) is 53.2. The maximum Gasteiger partial charge on any atom is 0.252 e. The number of fused-ring (bicyclic) bond motifs is 6. The van der Waals surface area contributed by atoms with Crippen LogP contribution in [0.5, 0.6) is 0 Å². The maximum atomic E-state index is 2.74. The summed E-state index contributed by atoms with van der Waals surface area (Å²) in [4.78, 5) is 5.47. The predicted molar refractivity (Wildman–Crippen MR) is 336 cm³/mol. The highest BCUT2D eigenvalue weighted by molar-refractivity contribution is 7.00. The highest BCUT2D eigenvalue weighted by Gasteiger charge is 2.48. The molecular weight excluding hydrogens is 928 g/mol. The van der Waals surface area contributed by atoms with Crippen LogP contribution in [0.3, 0.4) is 0 Å². The van der Waals surface area contributed by atoms with E-state index in [2.05, 4.69) is 275 Å². The number of hydrogen-bond donors (Lipinski definition) is 0. The lowest BCUT2D eigenvalue weighted by atomic mass is 9.33. The predicted octanol–water partition coefficient (Wildman–Crippen LogP) is 18.9. The van der Waals surface area contributed by atoms with Gasteiger partial charge in [-0.3, -0.25) is 0 Å². The molecule has 0 amide bonds. The summed E-state index contributed by atoms with van der Waals surface area (Å²) in [5.74, 6) is 0.603. The van der Waals surface area contributed by atoms with Gasteiger partial charge in [-0.1, -0.05) is 216 Å². The van der Waals surface area contributed by atoms with E-state index in [1.54, 1.807) is 0 Å². The highest BCUT2D eigenvalue weighted by atomic mass is 15.2. The molecule has 7 aromatic carbocycles. The third-order valence-electron chi connectivity index (χ3n) is 19.8. The second-order valence-corrected chi connectivity index (χ2v) is 30.1. The van der Waals surface area contributed by atoms with Crippen molar-refractivity contribution in [1.82, 2.24) is 0 Å². The van der Waals surface area contributed by atoms with E-state index in [9.17, 15) is 0 Å². The average Bonchev–Trinajstić information content (AvgIpc) is 3.43. The van der Waals surface area contributed by atoms with Crippen molar-refractivity contribution >= 4 is 57.2 Å². The van der Waals surface area contributed by atoms with Crippen LogP contribution in [0, 0.1) is 0 Å². The van der Waals surface area contributed by atoms with Crippen LogP contribution in [-0.4, -0.2) is 6.71 Å². The number of rotatable bonds is 6. The van der Waals surface area contributed by atoms with E-state index in [0.717, 1.165) is 0 Å². The minimum Gasteiger partial charge on any atom is -0.311 e. The molecule has 2 atom stereocenters. The van der Waals surface area contributed by atoms with Crippen molar-refractivity contribution < 1.29 is 0 Å². The van der Waals surface area contributed by atoms with Gasteiger partial charge >= 0.3 is 0 Å². The van der Waals surface area contributed by atoms with Crippen LogP contribution in [0.1, 0.15) is 219 Å². The zero-order valence-electron chi connectivity index (χ0n) is 50.7. The molecule has 2 nitrogen and oxygen atoms in total. The first-order valence-corrected chi connectivity index (χ1v) is 29.4. The summed E-state index contributed by atoms with van der Waals surface area (Å²) >= 11 is 0. The minimum atomic E-state index is -0.147. The largest absolute Gasteiger partial charge is 0.311 e. The molecule has 0 saturated heterocycles. The lowest BCUT2D eigenvalue weighted by Gasteiger charge is -2.48. The van der Waals surface area contributed by atoms with Crippen molar-refractivity contribution in [3.8, 4) is 11.1 Å². The second-order valence-electron chi connectivity index (χ2n) is 30.1. The molecule has 0 saturated carbocycles. The zero-order valence-corrected chi connectivity index (χ0v) is 50.7. The molecule has 0 aromatic heterocycles. The van der Waals surface area contributed by atoms with Crippen LogP contribution in [-0.2, 0) is 37.9 Å². The summed E-state index contributed by atoms with van der Waals surface area (Å²) in [6, 6.07) is 54.0. The number of benzene rings is 7. The van der Waals surface area contributed by atoms with Gasteiger partial charge in [-0.25, -0.2) is 0 Å². The standard InChI is InChI=1S/C74H89BN2/c1-46(48-23-21-20-22-24-48)47(2)50-27-33-60-63(39-50)77(62-34-30-52(69(6,7)8)40-55(62)49-25-28-51(29-26-49)68(3,4)5)66-42-53(70(9,10)11)41-65-67(66)75(60)61-44-58-59(74(18,19)38-37-73(58,16)17)45-64(61)76(65)54-31-32-56-57(43-54)72(14,15)36-35-71(56,12)13/h20-34,39-47H,35-38H2,1-19H3. The summed E-state index contributed by atoms with van der Waals surface area (Å²) in [6.45, 7) is 46.0. The Morgan fingerprint density at radius 2 is 0.896 bits per heavy atom. The first-order chi connectivity index (χ1) is 35.9. The Morgan fingerprint density at radius 3 is 1.48 bits per heavy atom. The first-order valence-electron chi connectivity index (χ1n) is 29.4. The fourth-order valence-corrected chi connectivity index (χ4v) is 14.0. The van der Waals surface area contributed by atoms with Crippen LogP contribution in [0.4, 0.5) is 34.1 Å². The molecule has 2 aliphatic carbocycles. The van der Waals surface area contributed by atoms with Gasteiger partial charge < -0.3 is 9.80 Å². The fraction of sp³-hybridized carbons (Fsp3) is 0.432. The summed E-state index contributed by atoms with van der Waals surface area (Å²) in [5.41, 5.74) is 27.3. The van der Waals surface area contributed by atoms with Gasteiger partial charge in [-0.15, -0.1) is 0 Å². The Labute approximate surface area is 466 Å². The molecule has 11 rings (SSSR count). The summed E-state index contributed by atoms with van der Waals surface area (Å²) in [5, 5.41) is 0. The molecule has 2 unspecified atom stereocenters. The molecule has 398 valence electrons. The van der Waals surface area contributed by atoms with Crippen LogP contribution in [0.15, 0.2) is 133 Å². The molecule has 0 radical (unpaired) electrons. The third kappa shape index (κ3) is 8.93. The molecule has 0 bridgehead atoms. The van der Waals surface area contributed by atoms with Gasteiger partial charge in [-0.2, -0.15) is 0 Å². The molecule has 0 N–H and O–H groups in total. The average molecular weight is 1020 g/mol. The summed E-state index contributed by atoms with van der Waals surface area (Å²) in [6.07, 6.45) is 4.70. The van der Waals surface area contributed by atoms with Gasteiger partial charge in [0.25, 0.3) is 6.71 Å². The number of hydrogen-bond acceptors (Lipinski definition) is 2. The van der Waals surface area contributed by atoms with Crippen LogP contribution in [0.25, 0.3) is 11.1 Å². The Kier molecular flexibility index (Phi) is 12.3. The Bertz CT molecular complexity index is 3450. The number of anilines is 6. The topological polar surface area (TPSA) is 6.48 Å². The highest BCUT2D eigenvalue weighted by Crippen LogP contribution is 2.54. The van der Waals surface area contributed by atoms with Crippen molar-refractivity contribution in [2.24, 2.45) is 0 Å². The molecule has 77 heavy (non-hydrogen) atoms. The van der Waals surface area contributed by atoms with Crippen LogP contribution >= 0.6 is 0 Å². The van der Waals surface area contributed by atoms with E-state index in [0.29, 0.717) is 5.92 Å². The van der Waals surface area contributed by atoms with Gasteiger partial charge in [0.1, 0.15) is 0 Å². The Hall–Kier alpha value is -5.80. The lowest BCUT2D eigenvalue weighted by molar-refractivity contribution is 0.332. The number of nitrogens with zero attached hydrogens (tertiary/aromatic N) is 2. The Morgan fingerprint density at radius 1 is 0.390 bits per heavy atom. The van der Waals surface area contributed by atoms with Crippen LogP contribution < -0.4 is 26.2 Å². The normalized spacial score (nSPS) is 18.6. The smallest absolute Gasteiger partial charge is 0.252 e. The summed E-state index contributed by atoms with van der Waals surface area (Å²) < 4.78 is 0. The molecule has 0 fully saturated rings. The monoisotopic (exact) mass is 1020 g/mol. The van der Waals surface area contributed by atoms with Crippen LogP contribution in [0.2, 0.25) is 0 Å². The maximum absolute atomic E-state index is 2.74. The summed E-state index contributed by atoms with van der Waals surface area (Å²) in [7, 11) is 0. The molecule has 2 heterocycles. The van der Waals surface area contributed by atoms with Crippen molar-refractivity contribution in [3.63, 3.8) is 0 Å².